The molecular weight excluding hydrogens is 324 g/mol. The van der Waals surface area contributed by atoms with E-state index in [4.69, 9.17) is 0 Å². The minimum absolute atomic E-state index is 0.0130. The summed E-state index contributed by atoms with van der Waals surface area (Å²) in [5.74, 6) is 0.148. The minimum Gasteiger partial charge on any atom is -0.287 e. The molecule has 0 heterocycles. The van der Waals surface area contributed by atoms with Crippen LogP contribution in [0.1, 0.15) is 98.8 Å². The molecule has 0 bridgehead atoms. The largest absolute Gasteiger partial charge is 0.287 e. The first-order valence-electron chi connectivity index (χ1n) is 9.15. The van der Waals surface area contributed by atoms with E-state index in [1.807, 2.05) is 20.8 Å². The van der Waals surface area contributed by atoms with Crippen LogP contribution in [0.4, 0.5) is 0 Å². The van der Waals surface area contributed by atoms with Gasteiger partial charge in [0.05, 0.1) is 0 Å². The van der Waals surface area contributed by atoms with Gasteiger partial charge in [0.1, 0.15) is 0 Å². The van der Waals surface area contributed by atoms with Gasteiger partial charge in [-0.05, 0) is 12.8 Å². The first-order valence-corrected chi connectivity index (χ1v) is 10.0. The van der Waals surface area contributed by atoms with Crippen molar-refractivity contribution in [1.82, 2.24) is 0 Å². The van der Waals surface area contributed by atoms with Gasteiger partial charge in [-0.15, -0.1) is 25.3 Å². The van der Waals surface area contributed by atoms with E-state index in [0.717, 1.165) is 19.3 Å². The second-order valence-electron chi connectivity index (χ2n) is 7.09. The molecular formula is C19H38O2S2. The third-order valence-electron chi connectivity index (χ3n) is 4.15. The van der Waals surface area contributed by atoms with Gasteiger partial charge < -0.3 is 0 Å². The molecule has 0 saturated heterocycles. The van der Waals surface area contributed by atoms with Crippen molar-refractivity contribution >= 4 is 35.5 Å². The third kappa shape index (κ3) is 16.7. The van der Waals surface area contributed by atoms with Crippen LogP contribution < -0.4 is 0 Å². The SMILES string of the molecule is CCCCCCC(C)(C)C(=O)S.CCCCCCC(C)C(=O)S. The summed E-state index contributed by atoms with van der Waals surface area (Å²) in [4.78, 5) is 21.7. The van der Waals surface area contributed by atoms with Crippen LogP contribution in [-0.2, 0) is 9.59 Å². The summed E-state index contributed by atoms with van der Waals surface area (Å²) in [5, 5.41) is 0.0421. The average Bonchev–Trinajstić information content (AvgIpc) is 2.48. The Labute approximate surface area is 155 Å². The van der Waals surface area contributed by atoms with Gasteiger partial charge in [0.2, 0.25) is 0 Å². The molecule has 0 aromatic rings. The molecule has 1 unspecified atom stereocenters. The third-order valence-corrected chi connectivity index (χ3v) is 5.19. The van der Waals surface area contributed by atoms with Crippen molar-refractivity contribution in [2.75, 3.05) is 0 Å². The quantitative estimate of drug-likeness (QED) is 0.307. The lowest BCUT2D eigenvalue weighted by molar-refractivity contribution is -0.118. The van der Waals surface area contributed by atoms with E-state index in [0.29, 0.717) is 0 Å². The lowest BCUT2D eigenvalue weighted by Crippen LogP contribution is -2.19. The molecule has 4 heteroatoms. The highest BCUT2D eigenvalue weighted by Crippen LogP contribution is 2.26. The standard InChI is InChI=1S/C10H20OS.C9H18OS/c1-4-5-6-7-8-10(2,3)9(11)12;1-3-4-5-6-7-8(2)9(10)11/h4-8H2,1-3H3,(H,11,12);8H,3-7H2,1-2H3,(H,10,11). The summed E-state index contributed by atoms with van der Waals surface area (Å²) in [7, 11) is 0. The van der Waals surface area contributed by atoms with Gasteiger partial charge in [0.15, 0.2) is 10.2 Å². The number of carbonyl (C=O) groups excluding carboxylic acids is 2. The van der Waals surface area contributed by atoms with E-state index in [2.05, 4.69) is 39.1 Å². The van der Waals surface area contributed by atoms with Crippen molar-refractivity contribution in [2.24, 2.45) is 11.3 Å². The molecule has 2 nitrogen and oxygen atoms in total. The molecule has 0 N–H and O–H groups in total. The normalized spacial score (nSPS) is 12.3. The summed E-state index contributed by atoms with van der Waals surface area (Å²) in [5.41, 5.74) is -0.225. The summed E-state index contributed by atoms with van der Waals surface area (Å²) in [6.45, 7) is 10.3. The highest BCUT2D eigenvalue weighted by Gasteiger charge is 2.23. The van der Waals surface area contributed by atoms with Gasteiger partial charge >= 0.3 is 0 Å². The van der Waals surface area contributed by atoms with Crippen LogP contribution in [-0.4, -0.2) is 10.2 Å². The molecule has 0 aliphatic carbocycles. The van der Waals surface area contributed by atoms with E-state index in [-0.39, 0.29) is 21.6 Å². The zero-order valence-corrected chi connectivity index (χ0v) is 17.6. The van der Waals surface area contributed by atoms with Crippen molar-refractivity contribution in [2.45, 2.75) is 98.8 Å². The van der Waals surface area contributed by atoms with Gasteiger partial charge in [0.25, 0.3) is 0 Å². The van der Waals surface area contributed by atoms with Crippen molar-refractivity contribution in [3.05, 3.63) is 0 Å². The Hall–Kier alpha value is 0.0400. The van der Waals surface area contributed by atoms with E-state index in [1.165, 1.54) is 44.9 Å². The van der Waals surface area contributed by atoms with Crippen LogP contribution in [0.15, 0.2) is 0 Å². The molecule has 0 aromatic heterocycles. The number of rotatable bonds is 12. The van der Waals surface area contributed by atoms with Gasteiger partial charge in [-0.3, -0.25) is 9.59 Å². The molecule has 0 saturated carbocycles. The van der Waals surface area contributed by atoms with E-state index in [9.17, 15) is 9.59 Å². The van der Waals surface area contributed by atoms with Crippen LogP contribution in [0, 0.1) is 11.3 Å². The zero-order valence-electron chi connectivity index (χ0n) is 15.9. The topological polar surface area (TPSA) is 34.1 Å². The number of hydrogen-bond donors (Lipinski definition) is 2. The Morgan fingerprint density at radius 2 is 1.35 bits per heavy atom. The number of carbonyl (C=O) groups is 2. The molecule has 0 fully saturated rings. The highest BCUT2D eigenvalue weighted by molar-refractivity contribution is 7.96. The minimum atomic E-state index is -0.225. The van der Waals surface area contributed by atoms with Gasteiger partial charge in [-0.2, -0.15) is 0 Å². The molecule has 0 rings (SSSR count). The first kappa shape index (κ1) is 25.3. The Balaban J connectivity index is 0. The Bertz CT molecular complexity index is 314. The number of hydrogen-bond acceptors (Lipinski definition) is 2. The van der Waals surface area contributed by atoms with E-state index >= 15 is 0 Å². The fourth-order valence-corrected chi connectivity index (χ4v) is 2.34. The lowest BCUT2D eigenvalue weighted by atomic mass is 9.88. The predicted molar refractivity (Wildman–Crippen MR) is 108 cm³/mol. The Kier molecular flexibility index (Phi) is 17.1. The molecule has 0 radical (unpaired) electrons. The van der Waals surface area contributed by atoms with Crippen LogP contribution in [0.5, 0.6) is 0 Å². The van der Waals surface area contributed by atoms with Gasteiger partial charge in [-0.1, -0.05) is 86.0 Å². The lowest BCUT2D eigenvalue weighted by Gasteiger charge is -2.19. The average molecular weight is 363 g/mol. The van der Waals surface area contributed by atoms with Crippen molar-refractivity contribution in [3.63, 3.8) is 0 Å². The van der Waals surface area contributed by atoms with Crippen LogP contribution in [0.3, 0.4) is 0 Å². The first-order chi connectivity index (χ1) is 10.7. The monoisotopic (exact) mass is 362 g/mol. The second-order valence-corrected chi connectivity index (χ2v) is 7.94. The van der Waals surface area contributed by atoms with Gasteiger partial charge in [0, 0.05) is 11.3 Å². The smallest absolute Gasteiger partial charge is 0.191 e. The number of unbranched alkanes of at least 4 members (excludes halogenated alkanes) is 6. The summed E-state index contributed by atoms with van der Waals surface area (Å²) in [6, 6.07) is 0. The molecule has 0 aliphatic heterocycles. The molecule has 23 heavy (non-hydrogen) atoms. The van der Waals surface area contributed by atoms with E-state index in [1.54, 1.807) is 0 Å². The van der Waals surface area contributed by atoms with Crippen molar-refractivity contribution in [3.8, 4) is 0 Å². The van der Waals surface area contributed by atoms with Crippen molar-refractivity contribution in [1.29, 1.82) is 0 Å². The van der Waals surface area contributed by atoms with E-state index < -0.39 is 0 Å². The van der Waals surface area contributed by atoms with Crippen LogP contribution in [0.25, 0.3) is 0 Å². The summed E-state index contributed by atoms with van der Waals surface area (Å²) >= 11 is 7.64. The highest BCUT2D eigenvalue weighted by atomic mass is 32.1. The van der Waals surface area contributed by atoms with Crippen LogP contribution >= 0.6 is 25.3 Å². The fraction of sp³-hybridized carbons (Fsp3) is 0.895. The van der Waals surface area contributed by atoms with Crippen molar-refractivity contribution < 1.29 is 9.59 Å². The number of thiol groups is 2. The summed E-state index contributed by atoms with van der Waals surface area (Å²) in [6.07, 6.45) is 11.8. The molecule has 0 aliphatic rings. The molecule has 0 amide bonds. The fourth-order valence-electron chi connectivity index (χ4n) is 2.10. The Morgan fingerprint density at radius 3 is 1.74 bits per heavy atom. The second kappa shape index (κ2) is 15.6. The maximum Gasteiger partial charge on any atom is 0.191 e. The maximum atomic E-state index is 11.0. The Morgan fingerprint density at radius 1 is 0.870 bits per heavy atom. The maximum absolute atomic E-state index is 11.0. The van der Waals surface area contributed by atoms with Gasteiger partial charge in [-0.25, -0.2) is 0 Å². The summed E-state index contributed by atoms with van der Waals surface area (Å²) < 4.78 is 0. The predicted octanol–water partition coefficient (Wildman–Crippen LogP) is 6.49. The zero-order chi connectivity index (χ0) is 18.3. The molecule has 0 spiro atoms. The molecule has 138 valence electrons. The van der Waals surface area contributed by atoms with Crippen LogP contribution in [0.2, 0.25) is 0 Å². The molecule has 1 atom stereocenters. The molecule has 0 aromatic carbocycles.